The molecule has 0 aliphatic carbocycles. The van der Waals surface area contributed by atoms with Crippen molar-refractivity contribution in [2.75, 3.05) is 43.4 Å². The van der Waals surface area contributed by atoms with Gasteiger partial charge < -0.3 is 15.2 Å². The summed E-state index contributed by atoms with van der Waals surface area (Å²) in [6.45, 7) is 6.99. The molecule has 2 aromatic carbocycles. The van der Waals surface area contributed by atoms with Crippen LogP contribution in [0.4, 0.5) is 11.4 Å². The van der Waals surface area contributed by atoms with E-state index in [9.17, 15) is 4.79 Å². The minimum absolute atomic E-state index is 0.183. The largest absolute Gasteiger partial charge is 0.398 e. The van der Waals surface area contributed by atoms with Crippen molar-refractivity contribution in [2.45, 2.75) is 19.9 Å². The van der Waals surface area contributed by atoms with Gasteiger partial charge in [0.25, 0.3) is 5.56 Å². The van der Waals surface area contributed by atoms with Crippen LogP contribution in [0.2, 0.25) is 5.02 Å². The Morgan fingerprint density at radius 1 is 1.06 bits per heavy atom. The van der Waals surface area contributed by atoms with E-state index < -0.39 is 0 Å². The van der Waals surface area contributed by atoms with Crippen molar-refractivity contribution in [3.63, 3.8) is 0 Å². The molecular weight excluding hydrogens is 452 g/mol. The molecule has 0 radical (unpaired) electrons. The van der Waals surface area contributed by atoms with Gasteiger partial charge in [-0.3, -0.25) is 9.69 Å². The molecule has 0 amide bonds. The van der Waals surface area contributed by atoms with E-state index in [1.165, 1.54) is 4.68 Å². The lowest BCUT2D eigenvalue weighted by Gasteiger charge is -2.36. The molecule has 34 heavy (non-hydrogen) atoms. The summed E-state index contributed by atoms with van der Waals surface area (Å²) < 4.78 is 7.00. The molecule has 176 valence electrons. The van der Waals surface area contributed by atoms with Gasteiger partial charge in [0, 0.05) is 61.2 Å². The quantitative estimate of drug-likeness (QED) is 0.421. The van der Waals surface area contributed by atoms with Crippen LogP contribution in [-0.4, -0.2) is 52.6 Å². The number of para-hydroxylation sites is 1. The molecule has 1 saturated heterocycles. The first-order chi connectivity index (χ1) is 16.5. The summed E-state index contributed by atoms with van der Waals surface area (Å²) in [4.78, 5) is 17.9. The molecule has 0 spiro atoms. The standard InChI is InChI=1S/C25H27ClN6O2/c1-17-22-24(34-29-17)23(20-8-2-3-9-21(20)27)28-32(25(22)33)11-5-10-30-12-14-31(15-13-30)19-7-4-6-18(26)16-19/h2-4,6-9,16H,5,10-15,27H2,1H3. The SMILES string of the molecule is Cc1noc2c(-c3ccccc3N)nn(CCCN3CCN(c4cccc(Cl)c4)CC3)c(=O)c12. The van der Waals surface area contributed by atoms with Crippen LogP contribution in [0.3, 0.4) is 0 Å². The van der Waals surface area contributed by atoms with Crippen LogP contribution in [0.1, 0.15) is 12.1 Å². The van der Waals surface area contributed by atoms with E-state index in [1.807, 2.05) is 42.5 Å². The summed E-state index contributed by atoms with van der Waals surface area (Å²) in [6, 6.07) is 15.4. The Morgan fingerprint density at radius 2 is 1.85 bits per heavy atom. The van der Waals surface area contributed by atoms with Gasteiger partial charge in [-0.2, -0.15) is 5.10 Å². The molecule has 0 atom stereocenters. The molecule has 0 saturated carbocycles. The number of aryl methyl sites for hydroxylation is 2. The lowest BCUT2D eigenvalue weighted by atomic mass is 10.1. The van der Waals surface area contributed by atoms with Crippen LogP contribution in [0.5, 0.6) is 0 Å². The average Bonchev–Trinajstić information content (AvgIpc) is 3.23. The number of halogens is 1. The van der Waals surface area contributed by atoms with E-state index in [2.05, 4.69) is 26.1 Å². The van der Waals surface area contributed by atoms with Crippen LogP contribution >= 0.6 is 11.6 Å². The Hall–Kier alpha value is -3.36. The predicted molar refractivity (Wildman–Crippen MR) is 135 cm³/mol. The highest BCUT2D eigenvalue weighted by molar-refractivity contribution is 6.30. The molecule has 2 aromatic heterocycles. The summed E-state index contributed by atoms with van der Waals surface area (Å²) in [6.07, 6.45) is 0.809. The van der Waals surface area contributed by atoms with Gasteiger partial charge in [0.05, 0.1) is 5.69 Å². The Labute approximate surface area is 202 Å². The van der Waals surface area contributed by atoms with Crippen molar-refractivity contribution in [1.82, 2.24) is 19.8 Å². The second-order valence-corrected chi connectivity index (χ2v) is 9.03. The van der Waals surface area contributed by atoms with Gasteiger partial charge in [-0.1, -0.05) is 41.0 Å². The number of nitrogen functional groups attached to an aromatic ring is 1. The van der Waals surface area contributed by atoms with Crippen molar-refractivity contribution in [3.8, 4) is 11.3 Å². The van der Waals surface area contributed by atoms with E-state index in [0.29, 0.717) is 34.6 Å². The summed E-state index contributed by atoms with van der Waals surface area (Å²) in [5, 5.41) is 9.87. The smallest absolute Gasteiger partial charge is 0.279 e. The van der Waals surface area contributed by atoms with E-state index in [1.54, 1.807) is 6.92 Å². The summed E-state index contributed by atoms with van der Waals surface area (Å²) in [5.74, 6) is 0. The van der Waals surface area contributed by atoms with Gasteiger partial charge >= 0.3 is 0 Å². The van der Waals surface area contributed by atoms with E-state index in [4.69, 9.17) is 21.9 Å². The van der Waals surface area contributed by atoms with Crippen molar-refractivity contribution < 1.29 is 4.52 Å². The van der Waals surface area contributed by atoms with Gasteiger partial charge in [-0.25, -0.2) is 4.68 Å². The van der Waals surface area contributed by atoms with E-state index in [-0.39, 0.29) is 5.56 Å². The number of nitrogens with zero attached hydrogens (tertiary/aromatic N) is 5. The maximum Gasteiger partial charge on any atom is 0.279 e. The van der Waals surface area contributed by atoms with Crippen LogP contribution in [0, 0.1) is 6.92 Å². The number of piperazine rings is 1. The average molecular weight is 479 g/mol. The molecule has 9 heteroatoms. The van der Waals surface area contributed by atoms with Crippen molar-refractivity contribution in [1.29, 1.82) is 0 Å². The van der Waals surface area contributed by atoms with Gasteiger partial charge in [0.15, 0.2) is 0 Å². The number of benzene rings is 2. The monoisotopic (exact) mass is 478 g/mol. The van der Waals surface area contributed by atoms with Crippen LogP contribution < -0.4 is 16.2 Å². The summed E-state index contributed by atoms with van der Waals surface area (Å²) in [7, 11) is 0. The molecule has 1 aliphatic heterocycles. The number of fused-ring (bicyclic) bond motifs is 1. The van der Waals surface area contributed by atoms with Crippen LogP contribution in [0.25, 0.3) is 22.2 Å². The minimum Gasteiger partial charge on any atom is -0.398 e. The molecule has 3 heterocycles. The fourth-order valence-electron chi connectivity index (χ4n) is 4.51. The fourth-order valence-corrected chi connectivity index (χ4v) is 4.70. The fraction of sp³-hybridized carbons (Fsp3) is 0.320. The number of rotatable bonds is 6. The van der Waals surface area contributed by atoms with Crippen molar-refractivity contribution in [3.05, 3.63) is 69.6 Å². The molecule has 1 aliphatic rings. The molecular formula is C25H27ClN6O2. The lowest BCUT2D eigenvalue weighted by molar-refractivity contribution is 0.248. The van der Waals surface area contributed by atoms with Crippen LogP contribution in [0.15, 0.2) is 57.8 Å². The molecule has 8 nitrogen and oxygen atoms in total. The minimum atomic E-state index is -0.183. The first kappa shape index (κ1) is 22.4. The third-order valence-corrected chi connectivity index (χ3v) is 6.59. The first-order valence-corrected chi connectivity index (χ1v) is 11.8. The van der Waals surface area contributed by atoms with Crippen molar-refractivity contribution in [2.24, 2.45) is 0 Å². The molecule has 2 N–H and O–H groups in total. The molecule has 0 bridgehead atoms. The lowest BCUT2D eigenvalue weighted by Crippen LogP contribution is -2.46. The van der Waals surface area contributed by atoms with Gasteiger partial charge in [0.2, 0.25) is 5.58 Å². The zero-order chi connectivity index (χ0) is 23.7. The third kappa shape index (κ3) is 4.38. The molecule has 1 fully saturated rings. The molecule has 0 unspecified atom stereocenters. The number of aromatic nitrogens is 3. The molecule has 4 aromatic rings. The maximum atomic E-state index is 13.1. The van der Waals surface area contributed by atoms with Crippen molar-refractivity contribution >= 4 is 33.9 Å². The Balaban J connectivity index is 1.29. The Bertz CT molecular complexity index is 1370. The summed E-state index contributed by atoms with van der Waals surface area (Å²) >= 11 is 6.14. The number of nitrogens with two attached hydrogens (primary N) is 1. The van der Waals surface area contributed by atoms with Gasteiger partial charge in [-0.15, -0.1) is 0 Å². The van der Waals surface area contributed by atoms with Gasteiger partial charge in [-0.05, 0) is 37.6 Å². The number of anilines is 2. The number of hydrogen-bond acceptors (Lipinski definition) is 7. The topological polar surface area (TPSA) is 93.4 Å². The second kappa shape index (κ2) is 9.48. The van der Waals surface area contributed by atoms with E-state index in [0.717, 1.165) is 55.4 Å². The van der Waals surface area contributed by atoms with Gasteiger partial charge in [0.1, 0.15) is 11.1 Å². The maximum absolute atomic E-state index is 13.1. The number of hydrogen-bond donors (Lipinski definition) is 1. The highest BCUT2D eigenvalue weighted by Crippen LogP contribution is 2.30. The Kier molecular flexibility index (Phi) is 6.26. The zero-order valence-electron chi connectivity index (χ0n) is 19.1. The highest BCUT2D eigenvalue weighted by atomic mass is 35.5. The first-order valence-electron chi connectivity index (χ1n) is 11.5. The normalized spacial score (nSPS) is 14.7. The molecule has 5 rings (SSSR count). The van der Waals surface area contributed by atoms with E-state index >= 15 is 0 Å². The summed E-state index contributed by atoms with van der Waals surface area (Å²) in [5.41, 5.74) is 9.96. The highest BCUT2D eigenvalue weighted by Gasteiger charge is 2.21. The third-order valence-electron chi connectivity index (χ3n) is 6.35. The second-order valence-electron chi connectivity index (χ2n) is 8.60. The Morgan fingerprint density at radius 3 is 2.62 bits per heavy atom. The predicted octanol–water partition coefficient (Wildman–Crippen LogP) is 3.81. The van der Waals surface area contributed by atoms with Crippen LogP contribution in [-0.2, 0) is 6.54 Å². The zero-order valence-corrected chi connectivity index (χ0v) is 19.8.